The van der Waals surface area contributed by atoms with Gasteiger partial charge in [0, 0.05) is 32.1 Å². The number of urea groups is 1. The van der Waals surface area contributed by atoms with Gasteiger partial charge in [0.1, 0.15) is 0 Å². The molecule has 0 spiro atoms. The monoisotopic (exact) mass is 296 g/mol. The van der Waals surface area contributed by atoms with Crippen LogP contribution in [0.1, 0.15) is 58.3 Å². The second-order valence-corrected chi connectivity index (χ2v) is 6.45. The van der Waals surface area contributed by atoms with Crippen molar-refractivity contribution in [1.29, 1.82) is 0 Å². The predicted molar refractivity (Wildman–Crippen MR) is 81.2 cm³/mol. The summed E-state index contributed by atoms with van der Waals surface area (Å²) < 4.78 is 0. The van der Waals surface area contributed by atoms with Crippen LogP contribution in [0.2, 0.25) is 0 Å². The molecule has 0 aromatic rings. The van der Waals surface area contributed by atoms with Gasteiger partial charge >= 0.3 is 12.0 Å². The number of nitrogens with zero attached hydrogens (tertiary/aromatic N) is 2. The van der Waals surface area contributed by atoms with Crippen LogP contribution in [0.5, 0.6) is 0 Å². The maximum atomic E-state index is 12.7. The summed E-state index contributed by atoms with van der Waals surface area (Å²) in [5.41, 5.74) is 0. The Morgan fingerprint density at radius 3 is 2.67 bits per heavy atom. The van der Waals surface area contributed by atoms with E-state index >= 15 is 0 Å². The molecule has 2 unspecified atom stereocenters. The Balaban J connectivity index is 1.86. The summed E-state index contributed by atoms with van der Waals surface area (Å²) in [6, 6.07) is 0.597. The Bertz CT molecular complexity index is 371. The van der Waals surface area contributed by atoms with E-state index in [1.807, 2.05) is 4.90 Å². The van der Waals surface area contributed by atoms with Gasteiger partial charge in [0.05, 0.1) is 0 Å². The first kappa shape index (κ1) is 16.1. The van der Waals surface area contributed by atoms with Gasteiger partial charge in [-0.25, -0.2) is 4.79 Å². The van der Waals surface area contributed by atoms with Crippen LogP contribution in [-0.2, 0) is 4.79 Å². The standard InChI is InChI=1S/C16H28N2O3/c1-2-5-14-6-3-4-10-18(14)16(21)17-11-9-13(12-17)7-8-15(19)20/h13-14H,2-12H2,1H3,(H,19,20). The van der Waals surface area contributed by atoms with Gasteiger partial charge in [-0.1, -0.05) is 13.3 Å². The lowest BCUT2D eigenvalue weighted by Crippen LogP contribution is -2.49. The van der Waals surface area contributed by atoms with Gasteiger partial charge in [0.15, 0.2) is 0 Å². The zero-order chi connectivity index (χ0) is 15.2. The molecule has 2 amide bonds. The maximum absolute atomic E-state index is 12.7. The Hall–Kier alpha value is -1.26. The highest BCUT2D eigenvalue weighted by molar-refractivity contribution is 5.75. The average Bonchev–Trinajstić information content (AvgIpc) is 2.94. The summed E-state index contributed by atoms with van der Waals surface area (Å²) in [7, 11) is 0. The number of rotatable bonds is 5. The molecule has 2 aliphatic heterocycles. The van der Waals surface area contributed by atoms with E-state index in [9.17, 15) is 9.59 Å². The van der Waals surface area contributed by atoms with Crippen LogP contribution in [0.3, 0.4) is 0 Å². The summed E-state index contributed by atoms with van der Waals surface area (Å²) in [4.78, 5) is 27.4. The van der Waals surface area contributed by atoms with Gasteiger partial charge in [0.2, 0.25) is 0 Å². The molecule has 0 saturated carbocycles. The summed E-state index contributed by atoms with van der Waals surface area (Å²) in [6.07, 6.45) is 7.56. The zero-order valence-electron chi connectivity index (χ0n) is 13.1. The van der Waals surface area contributed by atoms with E-state index in [4.69, 9.17) is 5.11 Å². The van der Waals surface area contributed by atoms with Crippen LogP contribution in [0.25, 0.3) is 0 Å². The second kappa shape index (κ2) is 7.66. The highest BCUT2D eigenvalue weighted by atomic mass is 16.4. The molecule has 5 heteroatoms. The number of carbonyl (C=O) groups excluding carboxylic acids is 1. The third-order valence-corrected chi connectivity index (χ3v) is 4.82. The molecule has 0 aromatic heterocycles. The van der Waals surface area contributed by atoms with Crippen LogP contribution in [0, 0.1) is 5.92 Å². The van der Waals surface area contributed by atoms with E-state index in [0.717, 1.165) is 51.7 Å². The lowest BCUT2D eigenvalue weighted by Gasteiger charge is -2.38. The average molecular weight is 296 g/mol. The molecule has 1 N–H and O–H groups in total. The van der Waals surface area contributed by atoms with Gasteiger partial charge in [0.25, 0.3) is 0 Å². The Morgan fingerprint density at radius 1 is 1.14 bits per heavy atom. The van der Waals surface area contributed by atoms with Crippen LogP contribution >= 0.6 is 0 Å². The normalized spacial score (nSPS) is 26.1. The Kier molecular flexibility index (Phi) is 5.88. The highest BCUT2D eigenvalue weighted by Gasteiger charge is 2.33. The molecule has 120 valence electrons. The zero-order valence-corrected chi connectivity index (χ0v) is 13.1. The number of carboxylic acid groups (broad SMARTS) is 1. The molecule has 2 rings (SSSR count). The first-order valence-corrected chi connectivity index (χ1v) is 8.39. The smallest absolute Gasteiger partial charge is 0.320 e. The van der Waals surface area contributed by atoms with E-state index in [0.29, 0.717) is 18.4 Å². The van der Waals surface area contributed by atoms with Crippen molar-refractivity contribution >= 4 is 12.0 Å². The number of hydrogen-bond donors (Lipinski definition) is 1. The van der Waals surface area contributed by atoms with Crippen LogP contribution < -0.4 is 0 Å². The summed E-state index contributed by atoms with van der Waals surface area (Å²) in [5, 5.41) is 8.76. The van der Waals surface area contributed by atoms with Crippen molar-refractivity contribution in [2.45, 2.75) is 64.3 Å². The molecule has 21 heavy (non-hydrogen) atoms. The van der Waals surface area contributed by atoms with Gasteiger partial charge in [-0.05, 0) is 44.4 Å². The molecule has 2 heterocycles. The number of carbonyl (C=O) groups is 2. The number of piperidine rings is 1. The first-order valence-electron chi connectivity index (χ1n) is 8.39. The molecule has 5 nitrogen and oxygen atoms in total. The summed E-state index contributed by atoms with van der Waals surface area (Å²) >= 11 is 0. The lowest BCUT2D eigenvalue weighted by atomic mass is 9.98. The third-order valence-electron chi connectivity index (χ3n) is 4.82. The maximum Gasteiger partial charge on any atom is 0.320 e. The van der Waals surface area contributed by atoms with Crippen molar-refractivity contribution in [2.24, 2.45) is 5.92 Å². The van der Waals surface area contributed by atoms with Crippen molar-refractivity contribution in [3.63, 3.8) is 0 Å². The Labute approximate surface area is 127 Å². The van der Waals surface area contributed by atoms with Gasteiger partial charge < -0.3 is 14.9 Å². The fraction of sp³-hybridized carbons (Fsp3) is 0.875. The van der Waals surface area contributed by atoms with Crippen molar-refractivity contribution in [3.8, 4) is 0 Å². The van der Waals surface area contributed by atoms with Crippen LogP contribution in [-0.4, -0.2) is 52.6 Å². The molecule has 0 aliphatic carbocycles. The molecule has 2 fully saturated rings. The number of hydrogen-bond acceptors (Lipinski definition) is 2. The van der Waals surface area contributed by atoms with Crippen LogP contribution in [0.15, 0.2) is 0 Å². The number of likely N-dealkylation sites (tertiary alicyclic amines) is 2. The SMILES string of the molecule is CCCC1CCCCN1C(=O)N1CCC(CCC(=O)O)C1. The van der Waals surface area contributed by atoms with E-state index in [1.165, 1.54) is 6.42 Å². The predicted octanol–water partition coefficient (Wildman–Crippen LogP) is 2.95. The molecule has 0 bridgehead atoms. The minimum atomic E-state index is -0.737. The van der Waals surface area contributed by atoms with Crippen LogP contribution in [0.4, 0.5) is 4.79 Å². The minimum absolute atomic E-state index is 0.186. The first-order chi connectivity index (χ1) is 10.1. The van der Waals surface area contributed by atoms with E-state index in [2.05, 4.69) is 11.8 Å². The van der Waals surface area contributed by atoms with Crippen molar-refractivity contribution in [2.75, 3.05) is 19.6 Å². The van der Waals surface area contributed by atoms with Crippen molar-refractivity contribution in [1.82, 2.24) is 9.80 Å². The summed E-state index contributed by atoms with van der Waals surface area (Å²) in [6.45, 7) is 4.59. The highest BCUT2D eigenvalue weighted by Crippen LogP contribution is 2.26. The molecular weight excluding hydrogens is 268 g/mol. The number of carboxylic acids is 1. The Morgan fingerprint density at radius 2 is 1.95 bits per heavy atom. The fourth-order valence-corrected chi connectivity index (χ4v) is 3.64. The van der Waals surface area contributed by atoms with E-state index in [1.54, 1.807) is 0 Å². The molecule has 0 aromatic carbocycles. The van der Waals surface area contributed by atoms with Gasteiger partial charge in [-0.3, -0.25) is 4.79 Å². The quantitative estimate of drug-likeness (QED) is 0.848. The molecule has 2 aliphatic rings. The van der Waals surface area contributed by atoms with Gasteiger partial charge in [-0.2, -0.15) is 0 Å². The molecule has 2 saturated heterocycles. The fourth-order valence-electron chi connectivity index (χ4n) is 3.64. The molecule has 2 atom stereocenters. The minimum Gasteiger partial charge on any atom is -0.481 e. The second-order valence-electron chi connectivity index (χ2n) is 6.45. The number of amides is 2. The van der Waals surface area contributed by atoms with Crippen molar-refractivity contribution < 1.29 is 14.7 Å². The van der Waals surface area contributed by atoms with E-state index in [-0.39, 0.29) is 12.5 Å². The lowest BCUT2D eigenvalue weighted by molar-refractivity contribution is -0.137. The van der Waals surface area contributed by atoms with E-state index < -0.39 is 5.97 Å². The van der Waals surface area contributed by atoms with Gasteiger partial charge in [-0.15, -0.1) is 0 Å². The summed E-state index contributed by atoms with van der Waals surface area (Å²) in [5.74, 6) is -0.377. The molecular formula is C16H28N2O3. The largest absolute Gasteiger partial charge is 0.481 e. The number of aliphatic carboxylic acids is 1. The topological polar surface area (TPSA) is 60.9 Å². The van der Waals surface area contributed by atoms with Crippen molar-refractivity contribution in [3.05, 3.63) is 0 Å². The third kappa shape index (κ3) is 4.35. The molecule has 0 radical (unpaired) electrons.